The predicted molar refractivity (Wildman–Crippen MR) is 89.0 cm³/mol. The number of anilines is 1. The Morgan fingerprint density at radius 1 is 1.52 bits per heavy atom. The number of rotatable bonds is 5. The van der Waals surface area contributed by atoms with Gasteiger partial charge in [0.25, 0.3) is 0 Å². The number of aromatic nitrogens is 2. The number of aliphatic hydroxyl groups is 1. The number of hydrogen-bond donors (Lipinski definition) is 3. The maximum atomic E-state index is 12.3. The zero-order chi connectivity index (χ0) is 16.4. The third-order valence-electron chi connectivity index (χ3n) is 3.89. The average Bonchev–Trinajstić information content (AvgIpc) is 3.10. The summed E-state index contributed by atoms with van der Waals surface area (Å²) in [6.45, 7) is 0.768. The molecule has 2 heterocycles. The molecule has 1 aliphatic heterocycles. The van der Waals surface area contributed by atoms with Crippen LogP contribution in [0.5, 0.6) is 0 Å². The molecule has 1 aromatic carbocycles. The van der Waals surface area contributed by atoms with E-state index in [2.05, 4.69) is 31.4 Å². The fourth-order valence-corrected chi connectivity index (χ4v) is 3.07. The lowest BCUT2D eigenvalue weighted by Gasteiger charge is -2.14. The SMILES string of the molecule is O=C(NCCCO)[C@H]1CC(=O)N(c2n[nH]c3cc(Br)ccc23)C1. The zero-order valence-electron chi connectivity index (χ0n) is 12.4. The maximum Gasteiger partial charge on any atom is 0.229 e. The van der Waals surface area contributed by atoms with Crippen LogP contribution in [0.15, 0.2) is 22.7 Å². The molecule has 23 heavy (non-hydrogen) atoms. The van der Waals surface area contributed by atoms with Crippen molar-refractivity contribution in [2.45, 2.75) is 12.8 Å². The van der Waals surface area contributed by atoms with Gasteiger partial charge in [0.2, 0.25) is 11.8 Å². The summed E-state index contributed by atoms with van der Waals surface area (Å²) in [5, 5.41) is 19.5. The van der Waals surface area contributed by atoms with E-state index in [1.165, 1.54) is 0 Å². The fraction of sp³-hybridized carbons (Fsp3) is 0.400. The largest absolute Gasteiger partial charge is 0.396 e. The van der Waals surface area contributed by atoms with Crippen LogP contribution in [0.1, 0.15) is 12.8 Å². The second-order valence-corrected chi connectivity index (χ2v) is 6.43. The van der Waals surface area contributed by atoms with Gasteiger partial charge >= 0.3 is 0 Å². The Balaban J connectivity index is 1.75. The number of aliphatic hydroxyl groups excluding tert-OH is 1. The van der Waals surface area contributed by atoms with Gasteiger partial charge in [0.15, 0.2) is 5.82 Å². The standard InChI is InChI=1S/C15H17BrN4O3/c16-10-2-3-11-12(7-10)18-19-14(11)20-8-9(6-13(20)22)15(23)17-4-1-5-21/h2-3,7,9,21H,1,4-6,8H2,(H,17,23)(H,18,19)/t9-/m0/s1. The van der Waals surface area contributed by atoms with Crippen LogP contribution in [0.4, 0.5) is 5.82 Å². The summed E-state index contributed by atoms with van der Waals surface area (Å²) in [5.74, 6) is -0.0907. The Kier molecular flexibility index (Phi) is 4.63. The van der Waals surface area contributed by atoms with Gasteiger partial charge in [0.05, 0.1) is 11.4 Å². The summed E-state index contributed by atoms with van der Waals surface area (Å²) in [6.07, 6.45) is 0.685. The van der Waals surface area contributed by atoms with Crippen molar-refractivity contribution < 1.29 is 14.7 Å². The molecule has 2 aromatic rings. The van der Waals surface area contributed by atoms with Gasteiger partial charge in [-0.15, -0.1) is 0 Å². The minimum atomic E-state index is -0.386. The number of nitrogens with one attached hydrogen (secondary N) is 2. The molecule has 2 amide bonds. The first-order chi connectivity index (χ1) is 11.1. The molecule has 0 radical (unpaired) electrons. The first-order valence-corrected chi connectivity index (χ1v) is 8.22. The molecule has 0 bridgehead atoms. The summed E-state index contributed by atoms with van der Waals surface area (Å²) in [4.78, 5) is 25.9. The minimum absolute atomic E-state index is 0.0326. The van der Waals surface area contributed by atoms with Crippen LogP contribution < -0.4 is 10.2 Å². The van der Waals surface area contributed by atoms with Crippen LogP contribution in [-0.4, -0.2) is 46.8 Å². The lowest BCUT2D eigenvalue weighted by atomic mass is 10.1. The normalized spacial score (nSPS) is 17.9. The molecule has 1 atom stereocenters. The van der Waals surface area contributed by atoms with Gasteiger partial charge in [-0.2, -0.15) is 5.10 Å². The van der Waals surface area contributed by atoms with Crippen LogP contribution in [-0.2, 0) is 9.59 Å². The summed E-state index contributed by atoms with van der Waals surface area (Å²) in [7, 11) is 0. The molecule has 1 saturated heterocycles. The second-order valence-electron chi connectivity index (χ2n) is 5.51. The molecule has 1 fully saturated rings. The van der Waals surface area contributed by atoms with Gasteiger partial charge in [0.1, 0.15) is 0 Å². The van der Waals surface area contributed by atoms with Gasteiger partial charge in [0, 0.05) is 36.0 Å². The lowest BCUT2D eigenvalue weighted by Crippen LogP contribution is -2.33. The van der Waals surface area contributed by atoms with Crippen LogP contribution in [0.2, 0.25) is 0 Å². The Morgan fingerprint density at radius 2 is 2.35 bits per heavy atom. The first-order valence-electron chi connectivity index (χ1n) is 7.42. The third-order valence-corrected chi connectivity index (χ3v) is 4.38. The summed E-state index contributed by atoms with van der Waals surface area (Å²) < 4.78 is 0.925. The molecule has 3 N–H and O–H groups in total. The molecule has 0 spiro atoms. The molecule has 1 aliphatic rings. The summed E-state index contributed by atoms with van der Waals surface area (Å²) >= 11 is 3.40. The zero-order valence-corrected chi connectivity index (χ0v) is 14.0. The number of H-pyrrole nitrogens is 1. The van der Waals surface area contributed by atoms with E-state index < -0.39 is 0 Å². The van der Waals surface area contributed by atoms with E-state index in [1.54, 1.807) is 4.90 Å². The molecule has 0 saturated carbocycles. The Hall–Kier alpha value is -1.93. The van der Waals surface area contributed by atoms with Crippen LogP contribution in [0.25, 0.3) is 10.9 Å². The minimum Gasteiger partial charge on any atom is -0.396 e. The van der Waals surface area contributed by atoms with Gasteiger partial charge in [-0.1, -0.05) is 15.9 Å². The molecule has 1 aromatic heterocycles. The molecule has 0 aliphatic carbocycles. The van der Waals surface area contributed by atoms with Crippen molar-refractivity contribution in [2.75, 3.05) is 24.6 Å². The number of benzene rings is 1. The van der Waals surface area contributed by atoms with Crippen molar-refractivity contribution in [3.05, 3.63) is 22.7 Å². The van der Waals surface area contributed by atoms with Gasteiger partial charge in [-0.3, -0.25) is 19.6 Å². The molecule has 7 nitrogen and oxygen atoms in total. The fourth-order valence-electron chi connectivity index (χ4n) is 2.71. The second kappa shape index (κ2) is 6.67. The van der Waals surface area contributed by atoms with E-state index in [9.17, 15) is 9.59 Å². The van der Waals surface area contributed by atoms with E-state index in [-0.39, 0.29) is 30.8 Å². The molecular formula is C15H17BrN4O3. The molecule has 0 unspecified atom stereocenters. The van der Waals surface area contributed by atoms with Crippen molar-refractivity contribution in [1.29, 1.82) is 0 Å². The number of carbonyl (C=O) groups is 2. The van der Waals surface area contributed by atoms with Crippen molar-refractivity contribution in [1.82, 2.24) is 15.5 Å². The van der Waals surface area contributed by atoms with Gasteiger partial charge in [-0.05, 0) is 24.6 Å². The third kappa shape index (κ3) is 3.23. The van der Waals surface area contributed by atoms with E-state index in [0.717, 1.165) is 15.4 Å². The van der Waals surface area contributed by atoms with Crippen molar-refractivity contribution in [3.8, 4) is 0 Å². The monoisotopic (exact) mass is 380 g/mol. The van der Waals surface area contributed by atoms with Crippen molar-refractivity contribution in [2.24, 2.45) is 5.92 Å². The number of amides is 2. The Labute approximate surface area is 141 Å². The number of carbonyl (C=O) groups excluding carboxylic acids is 2. The topological polar surface area (TPSA) is 98.3 Å². The number of hydrogen-bond acceptors (Lipinski definition) is 4. The van der Waals surface area contributed by atoms with Crippen molar-refractivity contribution >= 4 is 44.5 Å². The summed E-state index contributed by atoms with van der Waals surface area (Å²) in [5.41, 5.74) is 0.832. The van der Waals surface area contributed by atoms with Crippen LogP contribution in [0, 0.1) is 5.92 Å². The molecular weight excluding hydrogens is 364 g/mol. The maximum absolute atomic E-state index is 12.3. The smallest absolute Gasteiger partial charge is 0.229 e. The van der Waals surface area contributed by atoms with Gasteiger partial charge < -0.3 is 10.4 Å². The first kappa shape index (κ1) is 15.9. The average molecular weight is 381 g/mol. The molecule has 122 valence electrons. The van der Waals surface area contributed by atoms with Gasteiger partial charge in [-0.25, -0.2) is 0 Å². The number of aromatic amines is 1. The van der Waals surface area contributed by atoms with Crippen molar-refractivity contribution in [3.63, 3.8) is 0 Å². The highest BCUT2D eigenvalue weighted by Crippen LogP contribution is 2.31. The van der Waals surface area contributed by atoms with Crippen LogP contribution in [0.3, 0.4) is 0 Å². The van der Waals surface area contributed by atoms with E-state index in [1.807, 2.05) is 18.2 Å². The number of halogens is 1. The highest BCUT2D eigenvalue weighted by molar-refractivity contribution is 9.10. The van der Waals surface area contributed by atoms with E-state index in [0.29, 0.717) is 25.3 Å². The highest BCUT2D eigenvalue weighted by atomic mass is 79.9. The lowest BCUT2D eigenvalue weighted by molar-refractivity contribution is -0.126. The molecule has 3 rings (SSSR count). The van der Waals surface area contributed by atoms with E-state index in [4.69, 9.17) is 5.11 Å². The molecule has 8 heteroatoms. The van der Waals surface area contributed by atoms with Crippen LogP contribution >= 0.6 is 15.9 Å². The number of fused-ring (bicyclic) bond motifs is 1. The quantitative estimate of drug-likeness (QED) is 0.678. The number of nitrogens with zero attached hydrogens (tertiary/aromatic N) is 2. The Morgan fingerprint density at radius 3 is 3.13 bits per heavy atom. The highest BCUT2D eigenvalue weighted by Gasteiger charge is 2.36. The predicted octanol–water partition coefficient (Wildman–Crippen LogP) is 1.18. The Bertz CT molecular complexity index is 745. The summed E-state index contributed by atoms with van der Waals surface area (Å²) in [6, 6.07) is 5.67. The van der Waals surface area contributed by atoms with E-state index >= 15 is 0 Å².